The van der Waals surface area contributed by atoms with Gasteiger partial charge in [-0.25, -0.2) is 0 Å². The molecule has 2 rings (SSSR count). The maximum Gasteiger partial charge on any atom is 0.0450 e. The summed E-state index contributed by atoms with van der Waals surface area (Å²) in [4.78, 5) is 4.45. The molecule has 0 fully saturated rings. The van der Waals surface area contributed by atoms with E-state index in [9.17, 15) is 0 Å². The first kappa shape index (κ1) is 13.2. The third-order valence-electron chi connectivity index (χ3n) is 3.21. The highest BCUT2D eigenvalue weighted by molar-refractivity contribution is 9.10. The Morgan fingerprint density at radius 2 is 1.83 bits per heavy atom. The molecule has 0 aliphatic carbocycles. The van der Waals surface area contributed by atoms with Crippen LogP contribution in [0.15, 0.2) is 53.1 Å². The highest BCUT2D eigenvalue weighted by atomic mass is 79.9. The fourth-order valence-corrected chi connectivity index (χ4v) is 2.75. The van der Waals surface area contributed by atoms with Crippen molar-refractivity contribution in [3.63, 3.8) is 0 Å². The van der Waals surface area contributed by atoms with Gasteiger partial charge in [-0.3, -0.25) is 4.98 Å². The van der Waals surface area contributed by atoms with Crippen LogP contribution in [0.25, 0.3) is 0 Å². The minimum absolute atomic E-state index is 0.246. The number of nitrogens with one attached hydrogen (secondary N) is 1. The van der Waals surface area contributed by atoms with Gasteiger partial charge in [0.1, 0.15) is 0 Å². The summed E-state index contributed by atoms with van der Waals surface area (Å²) in [6.07, 6.45) is 1.85. The topological polar surface area (TPSA) is 24.9 Å². The van der Waals surface area contributed by atoms with Gasteiger partial charge < -0.3 is 5.32 Å². The van der Waals surface area contributed by atoms with Gasteiger partial charge in [-0.1, -0.05) is 47.1 Å². The van der Waals surface area contributed by atoms with E-state index in [4.69, 9.17) is 0 Å². The third-order valence-corrected chi connectivity index (χ3v) is 3.93. The van der Waals surface area contributed by atoms with E-state index in [0.29, 0.717) is 5.92 Å². The number of hydrogen-bond acceptors (Lipinski definition) is 2. The lowest BCUT2D eigenvalue weighted by Crippen LogP contribution is -2.23. The standard InChI is InChI=1S/C15H17BrN2/c1-11(14-9-5-6-10-18-14)15(17-2)12-7-3-4-8-13(12)16/h3-11,15,17H,1-2H3. The highest BCUT2D eigenvalue weighted by Gasteiger charge is 2.21. The number of benzene rings is 1. The van der Waals surface area contributed by atoms with Crippen LogP contribution in [-0.2, 0) is 0 Å². The van der Waals surface area contributed by atoms with Gasteiger partial charge in [-0.05, 0) is 30.8 Å². The van der Waals surface area contributed by atoms with Gasteiger partial charge in [-0.15, -0.1) is 0 Å². The maximum atomic E-state index is 4.45. The zero-order chi connectivity index (χ0) is 13.0. The first-order valence-corrected chi connectivity index (χ1v) is 6.86. The van der Waals surface area contributed by atoms with Crippen LogP contribution in [0.5, 0.6) is 0 Å². The molecule has 1 aromatic heterocycles. The minimum Gasteiger partial charge on any atom is -0.312 e. The van der Waals surface area contributed by atoms with E-state index in [1.807, 2.05) is 31.4 Å². The molecule has 0 bridgehead atoms. The molecule has 0 spiro atoms. The quantitative estimate of drug-likeness (QED) is 0.926. The molecule has 2 unspecified atom stereocenters. The molecule has 2 atom stereocenters. The number of hydrogen-bond donors (Lipinski definition) is 1. The molecule has 1 heterocycles. The summed E-state index contributed by atoms with van der Waals surface area (Å²) in [5, 5.41) is 3.39. The molecular weight excluding hydrogens is 288 g/mol. The zero-order valence-electron chi connectivity index (χ0n) is 10.6. The van der Waals surface area contributed by atoms with Crippen molar-refractivity contribution in [1.82, 2.24) is 10.3 Å². The second-order valence-electron chi connectivity index (χ2n) is 4.33. The first-order valence-electron chi connectivity index (χ1n) is 6.06. The van der Waals surface area contributed by atoms with Crippen molar-refractivity contribution in [2.24, 2.45) is 0 Å². The molecule has 2 aromatic rings. The van der Waals surface area contributed by atoms with Gasteiger partial charge in [-0.2, -0.15) is 0 Å². The Bertz CT molecular complexity index is 499. The SMILES string of the molecule is CNC(c1ccccc1Br)C(C)c1ccccn1. The van der Waals surface area contributed by atoms with E-state index in [1.54, 1.807) is 0 Å². The lowest BCUT2D eigenvalue weighted by Gasteiger charge is -2.24. The lowest BCUT2D eigenvalue weighted by atomic mass is 9.91. The van der Waals surface area contributed by atoms with Crippen molar-refractivity contribution in [3.05, 3.63) is 64.4 Å². The Balaban J connectivity index is 2.32. The average Bonchev–Trinajstić information content (AvgIpc) is 2.42. The minimum atomic E-state index is 0.246. The van der Waals surface area contributed by atoms with E-state index < -0.39 is 0 Å². The summed E-state index contributed by atoms with van der Waals surface area (Å²) in [5.74, 6) is 0.315. The predicted molar refractivity (Wildman–Crippen MR) is 78.6 cm³/mol. The number of likely N-dealkylation sites (N-methyl/N-ethyl adjacent to an activating group) is 1. The number of rotatable bonds is 4. The molecule has 1 N–H and O–H groups in total. The van der Waals surface area contributed by atoms with Gasteiger partial charge in [0, 0.05) is 28.3 Å². The van der Waals surface area contributed by atoms with E-state index in [1.165, 1.54) is 5.56 Å². The molecule has 0 amide bonds. The molecular formula is C15H17BrN2. The van der Waals surface area contributed by atoms with E-state index in [2.05, 4.69) is 57.4 Å². The zero-order valence-corrected chi connectivity index (χ0v) is 12.2. The summed E-state index contributed by atoms with van der Waals surface area (Å²) < 4.78 is 1.13. The van der Waals surface area contributed by atoms with Crippen LogP contribution in [0.3, 0.4) is 0 Å². The van der Waals surface area contributed by atoms with Gasteiger partial charge in [0.25, 0.3) is 0 Å². The Morgan fingerprint density at radius 1 is 1.11 bits per heavy atom. The van der Waals surface area contributed by atoms with Crippen molar-refractivity contribution < 1.29 is 0 Å². The normalized spacial score (nSPS) is 14.2. The number of halogens is 1. The van der Waals surface area contributed by atoms with Crippen LogP contribution in [0.2, 0.25) is 0 Å². The van der Waals surface area contributed by atoms with Crippen LogP contribution in [0.1, 0.15) is 30.1 Å². The monoisotopic (exact) mass is 304 g/mol. The number of pyridine rings is 1. The Hall–Kier alpha value is -1.19. The second kappa shape index (κ2) is 6.12. The van der Waals surface area contributed by atoms with Crippen molar-refractivity contribution in [2.45, 2.75) is 18.9 Å². The molecule has 18 heavy (non-hydrogen) atoms. The van der Waals surface area contributed by atoms with Gasteiger partial charge >= 0.3 is 0 Å². The van der Waals surface area contributed by atoms with E-state index in [-0.39, 0.29) is 6.04 Å². The van der Waals surface area contributed by atoms with Crippen LogP contribution >= 0.6 is 15.9 Å². The van der Waals surface area contributed by atoms with Crippen molar-refractivity contribution >= 4 is 15.9 Å². The van der Waals surface area contributed by atoms with Crippen LogP contribution in [0, 0.1) is 0 Å². The first-order chi connectivity index (χ1) is 8.74. The van der Waals surface area contributed by atoms with Crippen LogP contribution in [-0.4, -0.2) is 12.0 Å². The van der Waals surface area contributed by atoms with E-state index >= 15 is 0 Å². The molecule has 2 nitrogen and oxygen atoms in total. The lowest BCUT2D eigenvalue weighted by molar-refractivity contribution is 0.497. The third kappa shape index (κ3) is 2.79. The molecule has 0 aliphatic heterocycles. The van der Waals surface area contributed by atoms with Gasteiger partial charge in [0.05, 0.1) is 0 Å². The maximum absolute atomic E-state index is 4.45. The molecule has 94 valence electrons. The fraction of sp³-hybridized carbons (Fsp3) is 0.267. The fourth-order valence-electron chi connectivity index (χ4n) is 2.22. The van der Waals surface area contributed by atoms with Crippen LogP contribution < -0.4 is 5.32 Å². The van der Waals surface area contributed by atoms with Gasteiger partial charge in [0.2, 0.25) is 0 Å². The molecule has 0 radical (unpaired) electrons. The summed E-state index contributed by atoms with van der Waals surface area (Å²) in [6.45, 7) is 2.20. The average molecular weight is 305 g/mol. The molecule has 0 aliphatic rings. The van der Waals surface area contributed by atoms with Gasteiger partial charge in [0.15, 0.2) is 0 Å². The molecule has 0 saturated heterocycles. The van der Waals surface area contributed by atoms with Crippen LogP contribution in [0.4, 0.5) is 0 Å². The van der Waals surface area contributed by atoms with Crippen molar-refractivity contribution in [2.75, 3.05) is 7.05 Å². The number of nitrogens with zero attached hydrogens (tertiary/aromatic N) is 1. The Kier molecular flexibility index (Phi) is 4.50. The number of aromatic nitrogens is 1. The second-order valence-corrected chi connectivity index (χ2v) is 5.19. The van der Waals surface area contributed by atoms with Crippen molar-refractivity contribution in [3.8, 4) is 0 Å². The van der Waals surface area contributed by atoms with E-state index in [0.717, 1.165) is 10.2 Å². The smallest absolute Gasteiger partial charge is 0.0450 e. The Labute approximate surface area is 117 Å². The predicted octanol–water partition coefficient (Wildman–Crippen LogP) is 3.91. The summed E-state index contributed by atoms with van der Waals surface area (Å²) >= 11 is 3.62. The largest absolute Gasteiger partial charge is 0.312 e. The van der Waals surface area contributed by atoms with Crippen molar-refractivity contribution in [1.29, 1.82) is 0 Å². The summed E-state index contributed by atoms with van der Waals surface area (Å²) in [6, 6.07) is 14.6. The molecule has 0 saturated carbocycles. The summed E-state index contributed by atoms with van der Waals surface area (Å²) in [7, 11) is 1.99. The summed E-state index contributed by atoms with van der Waals surface area (Å²) in [5.41, 5.74) is 2.37. The Morgan fingerprint density at radius 3 is 2.44 bits per heavy atom. The molecule has 1 aromatic carbocycles. The highest BCUT2D eigenvalue weighted by Crippen LogP contribution is 2.33. The molecule has 3 heteroatoms.